The van der Waals surface area contributed by atoms with Crippen LogP contribution in [0.25, 0.3) is 10.2 Å². The summed E-state index contributed by atoms with van der Waals surface area (Å²) < 4.78 is 39.4. The topological polar surface area (TPSA) is 82.6 Å². The molecule has 1 saturated heterocycles. The highest BCUT2D eigenvalue weighted by Crippen LogP contribution is 2.30. The lowest BCUT2D eigenvalue weighted by atomic mass is 10.3. The molecule has 3 aromatic rings. The molecule has 33 heavy (non-hydrogen) atoms. The number of piperazine rings is 1. The fourth-order valence-electron chi connectivity index (χ4n) is 3.63. The van der Waals surface area contributed by atoms with E-state index in [0.29, 0.717) is 23.6 Å². The zero-order valence-corrected chi connectivity index (χ0v) is 20.2. The van der Waals surface area contributed by atoms with Crippen LogP contribution < -0.4 is 10.2 Å². The van der Waals surface area contributed by atoms with Crippen molar-refractivity contribution in [3.8, 4) is 0 Å². The van der Waals surface area contributed by atoms with Gasteiger partial charge in [0, 0.05) is 50.7 Å². The van der Waals surface area contributed by atoms with Crippen molar-refractivity contribution in [3.05, 3.63) is 53.3 Å². The monoisotopic (exact) mass is 510 g/mol. The molecule has 2 heterocycles. The van der Waals surface area contributed by atoms with E-state index in [2.05, 4.69) is 20.1 Å². The first-order chi connectivity index (χ1) is 15.8. The van der Waals surface area contributed by atoms with Gasteiger partial charge in [-0.25, -0.2) is 17.8 Å². The van der Waals surface area contributed by atoms with Crippen molar-refractivity contribution in [1.82, 2.24) is 15.2 Å². The van der Waals surface area contributed by atoms with Crippen molar-refractivity contribution in [2.24, 2.45) is 0 Å². The van der Waals surface area contributed by atoms with Crippen LogP contribution in [0.5, 0.6) is 0 Å². The highest BCUT2D eigenvalue weighted by Gasteiger charge is 2.21. The molecule has 1 aromatic heterocycles. The van der Waals surface area contributed by atoms with Crippen LogP contribution >= 0.6 is 22.9 Å². The van der Waals surface area contributed by atoms with Crippen LogP contribution in [0.15, 0.2) is 47.4 Å². The summed E-state index contributed by atoms with van der Waals surface area (Å²) in [5.41, 5.74) is 0.417. The third-order valence-corrected chi connectivity index (χ3v) is 8.59. The van der Waals surface area contributed by atoms with Crippen LogP contribution in [0.2, 0.25) is 5.02 Å². The number of hydrogen-bond donors (Lipinski definition) is 1. The smallest absolute Gasteiger partial charge is 0.221 e. The number of fused-ring (bicyclic) bond motifs is 1. The van der Waals surface area contributed by atoms with Gasteiger partial charge in [0.1, 0.15) is 11.3 Å². The van der Waals surface area contributed by atoms with Gasteiger partial charge in [-0.05, 0) is 36.4 Å². The van der Waals surface area contributed by atoms with Crippen molar-refractivity contribution in [2.75, 3.05) is 49.9 Å². The number of sulfone groups is 1. The molecule has 0 spiro atoms. The third-order valence-electron chi connectivity index (χ3n) is 5.52. The van der Waals surface area contributed by atoms with Gasteiger partial charge in [0.25, 0.3) is 0 Å². The molecule has 0 atom stereocenters. The van der Waals surface area contributed by atoms with E-state index in [9.17, 15) is 17.6 Å². The molecule has 2 aromatic carbocycles. The number of anilines is 1. The molecule has 4 rings (SSSR count). The maximum atomic E-state index is 13.9. The van der Waals surface area contributed by atoms with E-state index in [1.807, 2.05) is 6.07 Å². The maximum absolute atomic E-state index is 13.9. The Labute approximate surface area is 201 Å². The SMILES string of the molecule is O=C(CCS(=O)(=O)c1ccc(Cl)cc1)NCCN1CCN(c2nc3c(F)cccc3s2)CC1. The van der Waals surface area contributed by atoms with Gasteiger partial charge < -0.3 is 10.2 Å². The average Bonchev–Trinajstić information content (AvgIpc) is 3.24. The minimum atomic E-state index is -3.53. The zero-order valence-electron chi connectivity index (χ0n) is 17.8. The summed E-state index contributed by atoms with van der Waals surface area (Å²) >= 11 is 7.28. The van der Waals surface area contributed by atoms with Crippen LogP contribution in [0.3, 0.4) is 0 Å². The Bertz CT molecular complexity index is 1230. The number of hydrogen-bond acceptors (Lipinski definition) is 7. The first-order valence-corrected chi connectivity index (χ1v) is 13.4. The molecule has 1 aliphatic heterocycles. The zero-order chi connectivity index (χ0) is 23.4. The first kappa shape index (κ1) is 23.9. The number of amides is 1. The van der Waals surface area contributed by atoms with Gasteiger partial charge in [-0.3, -0.25) is 9.69 Å². The fourth-order valence-corrected chi connectivity index (χ4v) is 6.03. The van der Waals surface area contributed by atoms with Crippen molar-refractivity contribution < 1.29 is 17.6 Å². The Kier molecular flexibility index (Phi) is 7.48. The number of carbonyl (C=O) groups is 1. The molecule has 11 heteroatoms. The lowest BCUT2D eigenvalue weighted by Gasteiger charge is -2.34. The number of rotatable bonds is 8. The minimum Gasteiger partial charge on any atom is -0.355 e. The summed E-state index contributed by atoms with van der Waals surface area (Å²) in [6.07, 6.45) is -0.0904. The van der Waals surface area contributed by atoms with Gasteiger partial charge in [-0.2, -0.15) is 0 Å². The number of nitrogens with one attached hydrogen (secondary N) is 1. The number of benzene rings is 2. The molecular weight excluding hydrogens is 487 g/mol. The van der Waals surface area contributed by atoms with Gasteiger partial charge in [0.05, 0.1) is 15.3 Å². The van der Waals surface area contributed by atoms with Crippen LogP contribution in [0, 0.1) is 5.82 Å². The van der Waals surface area contributed by atoms with Gasteiger partial charge in [0.15, 0.2) is 15.0 Å². The second-order valence-electron chi connectivity index (χ2n) is 7.78. The van der Waals surface area contributed by atoms with E-state index in [-0.39, 0.29) is 28.8 Å². The van der Waals surface area contributed by atoms with E-state index >= 15 is 0 Å². The number of halogens is 2. The molecule has 7 nitrogen and oxygen atoms in total. The molecule has 0 aliphatic carbocycles. The van der Waals surface area contributed by atoms with Gasteiger partial charge in [0.2, 0.25) is 5.91 Å². The number of para-hydroxylation sites is 1. The van der Waals surface area contributed by atoms with Gasteiger partial charge in [-0.1, -0.05) is 29.0 Å². The minimum absolute atomic E-state index is 0.0904. The highest BCUT2D eigenvalue weighted by atomic mass is 35.5. The summed E-state index contributed by atoms with van der Waals surface area (Å²) in [5.74, 6) is -0.838. The maximum Gasteiger partial charge on any atom is 0.221 e. The summed E-state index contributed by atoms with van der Waals surface area (Å²) in [5, 5.41) is 4.08. The van der Waals surface area contributed by atoms with Crippen molar-refractivity contribution in [1.29, 1.82) is 0 Å². The second-order valence-corrected chi connectivity index (χ2v) is 11.3. The Balaban J connectivity index is 1.18. The largest absolute Gasteiger partial charge is 0.355 e. The number of nitrogens with zero attached hydrogens (tertiary/aromatic N) is 3. The Morgan fingerprint density at radius 3 is 2.55 bits per heavy atom. The second kappa shape index (κ2) is 10.3. The van der Waals surface area contributed by atoms with Crippen molar-refractivity contribution >= 4 is 54.0 Å². The first-order valence-electron chi connectivity index (χ1n) is 10.6. The molecule has 176 valence electrons. The average molecular weight is 511 g/mol. The van der Waals surface area contributed by atoms with Crippen LogP contribution in [0.1, 0.15) is 6.42 Å². The van der Waals surface area contributed by atoms with Crippen LogP contribution in [0.4, 0.5) is 9.52 Å². The Morgan fingerprint density at radius 2 is 1.85 bits per heavy atom. The lowest BCUT2D eigenvalue weighted by molar-refractivity contribution is -0.120. The van der Waals surface area contributed by atoms with Crippen LogP contribution in [-0.4, -0.2) is 69.2 Å². The van der Waals surface area contributed by atoms with Gasteiger partial charge in [-0.15, -0.1) is 0 Å². The normalized spacial score (nSPS) is 15.2. The molecule has 0 saturated carbocycles. The molecule has 1 amide bonds. The van der Waals surface area contributed by atoms with E-state index in [1.165, 1.54) is 41.7 Å². The Morgan fingerprint density at radius 1 is 1.12 bits per heavy atom. The molecule has 1 N–H and O–H groups in total. The van der Waals surface area contributed by atoms with E-state index < -0.39 is 9.84 Å². The van der Waals surface area contributed by atoms with Crippen molar-refractivity contribution in [3.63, 3.8) is 0 Å². The van der Waals surface area contributed by atoms with E-state index in [1.54, 1.807) is 6.07 Å². The lowest BCUT2D eigenvalue weighted by Crippen LogP contribution is -2.48. The van der Waals surface area contributed by atoms with Crippen LogP contribution in [-0.2, 0) is 14.6 Å². The molecule has 0 radical (unpaired) electrons. The quantitative estimate of drug-likeness (QED) is 0.501. The van der Waals surface area contributed by atoms with E-state index in [4.69, 9.17) is 11.6 Å². The summed E-state index contributed by atoms with van der Waals surface area (Å²) in [6, 6.07) is 10.9. The summed E-state index contributed by atoms with van der Waals surface area (Å²) in [7, 11) is -3.53. The van der Waals surface area contributed by atoms with Gasteiger partial charge >= 0.3 is 0 Å². The molecule has 1 fully saturated rings. The summed E-state index contributed by atoms with van der Waals surface area (Å²) in [4.78, 5) is 21.1. The Hall–Kier alpha value is -2.27. The standard InChI is InChI=1S/C22H24ClFN4O3S2/c23-16-4-6-17(7-5-16)33(30,31)15-8-20(29)25-9-10-27-11-13-28(14-12-27)22-26-21-18(24)2-1-3-19(21)32-22/h1-7H,8-15H2,(H,25,29). The number of aromatic nitrogens is 1. The predicted molar refractivity (Wildman–Crippen MR) is 129 cm³/mol. The number of carbonyl (C=O) groups excluding carboxylic acids is 1. The highest BCUT2D eigenvalue weighted by molar-refractivity contribution is 7.91. The molecule has 0 unspecified atom stereocenters. The summed E-state index contributed by atoms with van der Waals surface area (Å²) in [6.45, 7) is 4.28. The third kappa shape index (κ3) is 6.00. The molecular formula is C22H24ClFN4O3S2. The van der Waals surface area contributed by atoms with Crippen molar-refractivity contribution in [2.45, 2.75) is 11.3 Å². The predicted octanol–water partition coefficient (Wildman–Crippen LogP) is 3.19. The molecule has 0 bridgehead atoms. The number of thiazole rings is 1. The fraction of sp³-hybridized carbons (Fsp3) is 0.364. The molecule has 1 aliphatic rings. The van der Waals surface area contributed by atoms with E-state index in [0.717, 1.165) is 36.0 Å².